The van der Waals surface area contributed by atoms with Crippen molar-refractivity contribution in [2.24, 2.45) is 11.8 Å². The lowest BCUT2D eigenvalue weighted by Gasteiger charge is -2.29. The van der Waals surface area contributed by atoms with Crippen LogP contribution in [0.5, 0.6) is 5.75 Å². The topological polar surface area (TPSA) is 47.3 Å². The van der Waals surface area contributed by atoms with E-state index in [1.807, 2.05) is 0 Å². The van der Waals surface area contributed by atoms with E-state index < -0.39 is 5.82 Å². The summed E-state index contributed by atoms with van der Waals surface area (Å²) in [5.74, 6) is 1.22. The van der Waals surface area contributed by atoms with Crippen LogP contribution in [0.15, 0.2) is 12.1 Å². The van der Waals surface area contributed by atoms with Gasteiger partial charge >= 0.3 is 0 Å². The monoisotopic (exact) mass is 266 g/mol. The minimum atomic E-state index is -0.420. The molecule has 0 amide bonds. The zero-order valence-corrected chi connectivity index (χ0v) is 11.7. The van der Waals surface area contributed by atoms with Crippen LogP contribution in [-0.2, 0) is 0 Å². The van der Waals surface area contributed by atoms with Crippen molar-refractivity contribution in [3.05, 3.63) is 17.9 Å². The summed E-state index contributed by atoms with van der Waals surface area (Å²) in [6.45, 7) is 3.19. The summed E-state index contributed by atoms with van der Waals surface area (Å²) < 4.78 is 18.4. The normalized spacial score (nSPS) is 23.1. The molecule has 1 aromatic rings. The van der Waals surface area contributed by atoms with Gasteiger partial charge in [0.25, 0.3) is 0 Å². The van der Waals surface area contributed by atoms with E-state index >= 15 is 0 Å². The Morgan fingerprint density at radius 2 is 2.11 bits per heavy atom. The maximum absolute atomic E-state index is 13.5. The molecule has 0 bridgehead atoms. The van der Waals surface area contributed by atoms with Gasteiger partial charge in [0.1, 0.15) is 0 Å². The van der Waals surface area contributed by atoms with Crippen LogP contribution in [0.25, 0.3) is 0 Å². The van der Waals surface area contributed by atoms with E-state index in [1.165, 1.54) is 38.9 Å². The molecule has 1 aliphatic carbocycles. The number of benzene rings is 1. The van der Waals surface area contributed by atoms with Gasteiger partial charge in [0.05, 0.1) is 18.5 Å². The molecular weight excluding hydrogens is 243 g/mol. The van der Waals surface area contributed by atoms with Crippen molar-refractivity contribution in [2.75, 3.05) is 24.7 Å². The number of hydrogen-bond acceptors (Lipinski definition) is 3. The van der Waals surface area contributed by atoms with Gasteiger partial charge in [-0.2, -0.15) is 0 Å². The molecule has 0 saturated heterocycles. The number of hydrogen-bond donors (Lipinski definition) is 2. The summed E-state index contributed by atoms with van der Waals surface area (Å²) in [4.78, 5) is 0. The highest BCUT2D eigenvalue weighted by Gasteiger charge is 2.21. The Morgan fingerprint density at radius 1 is 1.37 bits per heavy atom. The molecule has 0 radical (unpaired) electrons. The number of nitrogens with one attached hydrogen (secondary N) is 1. The van der Waals surface area contributed by atoms with E-state index in [2.05, 4.69) is 12.2 Å². The first-order valence-corrected chi connectivity index (χ1v) is 6.98. The maximum atomic E-state index is 13.5. The second-order valence-electron chi connectivity index (χ2n) is 5.48. The predicted molar refractivity (Wildman–Crippen MR) is 77.0 cm³/mol. The van der Waals surface area contributed by atoms with Gasteiger partial charge in [-0.3, -0.25) is 0 Å². The molecule has 3 nitrogen and oxygen atoms in total. The Bertz CT molecular complexity index is 436. The molecule has 2 atom stereocenters. The van der Waals surface area contributed by atoms with Crippen LogP contribution in [-0.4, -0.2) is 13.7 Å². The summed E-state index contributed by atoms with van der Waals surface area (Å²) in [6, 6.07) is 2.95. The summed E-state index contributed by atoms with van der Waals surface area (Å²) in [6.07, 6.45) is 5.20. The van der Waals surface area contributed by atoms with Crippen molar-refractivity contribution in [1.29, 1.82) is 0 Å². The largest absolute Gasteiger partial charge is 0.494 e. The number of anilines is 2. The van der Waals surface area contributed by atoms with Gasteiger partial charge in [-0.25, -0.2) is 4.39 Å². The first-order valence-electron chi connectivity index (χ1n) is 6.98. The van der Waals surface area contributed by atoms with Gasteiger partial charge in [-0.05, 0) is 18.3 Å². The second-order valence-corrected chi connectivity index (χ2v) is 5.48. The Labute approximate surface area is 114 Å². The molecule has 4 heteroatoms. The molecule has 0 heterocycles. The van der Waals surface area contributed by atoms with E-state index in [0.717, 1.165) is 18.2 Å². The minimum absolute atomic E-state index is 0.230. The minimum Gasteiger partial charge on any atom is -0.494 e. The SMILES string of the molecule is COc1cc(NCC2CCCCC2C)c(N)cc1F. The molecular formula is C15H23FN2O. The fourth-order valence-electron chi connectivity index (χ4n) is 2.82. The quantitative estimate of drug-likeness (QED) is 0.818. The average Bonchev–Trinajstić information content (AvgIpc) is 2.39. The van der Waals surface area contributed by atoms with Gasteiger partial charge in [0.15, 0.2) is 11.6 Å². The van der Waals surface area contributed by atoms with Crippen LogP contribution in [0.4, 0.5) is 15.8 Å². The lowest BCUT2D eigenvalue weighted by atomic mass is 9.80. The summed E-state index contributed by atoms with van der Waals surface area (Å²) >= 11 is 0. The van der Waals surface area contributed by atoms with Crippen LogP contribution in [0.3, 0.4) is 0 Å². The molecule has 1 fully saturated rings. The number of methoxy groups -OCH3 is 1. The number of ether oxygens (including phenoxy) is 1. The Kier molecular flexibility index (Phi) is 4.51. The van der Waals surface area contributed by atoms with E-state index in [1.54, 1.807) is 6.07 Å². The number of halogens is 1. The van der Waals surface area contributed by atoms with Crippen molar-refractivity contribution in [3.8, 4) is 5.75 Å². The van der Waals surface area contributed by atoms with Gasteiger partial charge in [0.2, 0.25) is 0 Å². The van der Waals surface area contributed by atoms with E-state index in [9.17, 15) is 4.39 Å². The molecule has 106 valence electrons. The summed E-state index contributed by atoms with van der Waals surface area (Å²) in [5.41, 5.74) is 7.03. The highest BCUT2D eigenvalue weighted by Crippen LogP contribution is 2.32. The fourth-order valence-corrected chi connectivity index (χ4v) is 2.82. The van der Waals surface area contributed by atoms with E-state index in [0.29, 0.717) is 11.6 Å². The molecule has 3 N–H and O–H groups in total. The highest BCUT2D eigenvalue weighted by molar-refractivity contribution is 5.68. The van der Waals surface area contributed by atoms with Crippen LogP contribution >= 0.6 is 0 Å². The van der Waals surface area contributed by atoms with Crippen molar-refractivity contribution in [2.45, 2.75) is 32.6 Å². The van der Waals surface area contributed by atoms with Crippen molar-refractivity contribution in [3.63, 3.8) is 0 Å². The van der Waals surface area contributed by atoms with E-state index in [-0.39, 0.29) is 5.75 Å². The van der Waals surface area contributed by atoms with Crippen molar-refractivity contribution < 1.29 is 9.13 Å². The predicted octanol–water partition coefficient (Wildman–Crippen LogP) is 3.65. The molecule has 19 heavy (non-hydrogen) atoms. The smallest absolute Gasteiger partial charge is 0.167 e. The van der Waals surface area contributed by atoms with Crippen molar-refractivity contribution >= 4 is 11.4 Å². The Balaban J connectivity index is 2.02. The molecule has 1 aromatic carbocycles. The van der Waals surface area contributed by atoms with Crippen LogP contribution in [0.2, 0.25) is 0 Å². The third kappa shape index (κ3) is 3.31. The fraction of sp³-hybridized carbons (Fsp3) is 0.600. The third-order valence-electron chi connectivity index (χ3n) is 4.17. The van der Waals surface area contributed by atoms with Gasteiger partial charge in [-0.15, -0.1) is 0 Å². The summed E-state index contributed by atoms with van der Waals surface area (Å²) in [5, 5.41) is 3.34. The number of nitrogen functional groups attached to an aromatic ring is 1. The molecule has 0 aliphatic heterocycles. The van der Waals surface area contributed by atoms with Gasteiger partial charge in [-0.1, -0.05) is 26.2 Å². The first kappa shape index (κ1) is 14.0. The van der Waals surface area contributed by atoms with Crippen LogP contribution < -0.4 is 15.8 Å². The molecule has 2 rings (SSSR count). The third-order valence-corrected chi connectivity index (χ3v) is 4.17. The number of rotatable bonds is 4. The number of nitrogens with two attached hydrogens (primary N) is 1. The summed E-state index contributed by atoms with van der Waals surface area (Å²) in [7, 11) is 1.46. The molecule has 0 spiro atoms. The molecule has 2 unspecified atom stereocenters. The van der Waals surface area contributed by atoms with E-state index in [4.69, 9.17) is 10.5 Å². The Hall–Kier alpha value is -1.45. The van der Waals surface area contributed by atoms with Gasteiger partial charge < -0.3 is 15.8 Å². The second kappa shape index (κ2) is 6.13. The van der Waals surface area contributed by atoms with Gasteiger partial charge in [0, 0.05) is 18.7 Å². The zero-order chi connectivity index (χ0) is 13.8. The first-order chi connectivity index (χ1) is 9.11. The van der Waals surface area contributed by atoms with Crippen molar-refractivity contribution in [1.82, 2.24) is 0 Å². The molecule has 1 saturated carbocycles. The average molecular weight is 266 g/mol. The van der Waals surface area contributed by atoms with Crippen LogP contribution in [0.1, 0.15) is 32.6 Å². The Morgan fingerprint density at radius 3 is 2.79 bits per heavy atom. The standard InChI is InChI=1S/C15H23FN2O/c1-10-5-3-4-6-11(10)9-18-14-8-15(19-2)12(16)7-13(14)17/h7-8,10-11,18H,3-6,9,17H2,1-2H3. The highest BCUT2D eigenvalue weighted by atomic mass is 19.1. The lowest BCUT2D eigenvalue weighted by molar-refractivity contribution is 0.268. The molecule has 0 aromatic heterocycles. The lowest BCUT2D eigenvalue weighted by Crippen LogP contribution is -2.24. The van der Waals surface area contributed by atoms with Crippen LogP contribution in [0, 0.1) is 17.7 Å². The zero-order valence-electron chi connectivity index (χ0n) is 11.7. The molecule has 1 aliphatic rings. The maximum Gasteiger partial charge on any atom is 0.167 e.